The highest BCUT2D eigenvalue weighted by Gasteiger charge is 2.40. The van der Waals surface area contributed by atoms with Crippen LogP contribution in [0.25, 0.3) is 0 Å². The third-order valence-corrected chi connectivity index (χ3v) is 3.87. The minimum absolute atomic E-state index is 0.0980. The van der Waals surface area contributed by atoms with E-state index in [0.29, 0.717) is 12.1 Å². The van der Waals surface area contributed by atoms with Crippen molar-refractivity contribution in [3.8, 4) is 0 Å². The van der Waals surface area contributed by atoms with Gasteiger partial charge in [-0.1, -0.05) is 6.07 Å². The van der Waals surface area contributed by atoms with E-state index in [4.69, 9.17) is 0 Å². The zero-order valence-corrected chi connectivity index (χ0v) is 9.63. The van der Waals surface area contributed by atoms with Crippen LogP contribution in [0, 0.1) is 6.92 Å². The van der Waals surface area contributed by atoms with E-state index < -0.39 is 0 Å². The third-order valence-electron chi connectivity index (χ3n) is 3.87. The molecular weight excluding hydrogens is 200 g/mol. The standard InChI is InChI=1S/C13H18N2O/c1-9-2-5-13(14-8-9)15-10-3-4-11(15)7-12(16)6-10/h2,5,8,10-12,16H,3-4,6-7H2,1H3. The van der Waals surface area contributed by atoms with Gasteiger partial charge in [0.25, 0.3) is 0 Å². The van der Waals surface area contributed by atoms with Crippen LogP contribution in [0.3, 0.4) is 0 Å². The average molecular weight is 218 g/mol. The first-order chi connectivity index (χ1) is 7.74. The van der Waals surface area contributed by atoms with Crippen molar-refractivity contribution in [3.63, 3.8) is 0 Å². The van der Waals surface area contributed by atoms with E-state index in [1.165, 1.54) is 18.4 Å². The van der Waals surface area contributed by atoms with Crippen molar-refractivity contribution >= 4 is 5.82 Å². The molecule has 0 spiro atoms. The highest BCUT2D eigenvalue weighted by Crippen LogP contribution is 2.38. The van der Waals surface area contributed by atoms with Crippen LogP contribution in [0.2, 0.25) is 0 Å². The summed E-state index contributed by atoms with van der Waals surface area (Å²) in [6.45, 7) is 2.06. The van der Waals surface area contributed by atoms with Crippen molar-refractivity contribution in [3.05, 3.63) is 23.9 Å². The quantitative estimate of drug-likeness (QED) is 0.782. The van der Waals surface area contributed by atoms with Gasteiger partial charge in [0, 0.05) is 18.3 Å². The zero-order chi connectivity index (χ0) is 11.1. The van der Waals surface area contributed by atoms with Gasteiger partial charge in [-0.05, 0) is 44.2 Å². The number of hydrogen-bond acceptors (Lipinski definition) is 3. The molecule has 0 aromatic carbocycles. The van der Waals surface area contributed by atoms with Gasteiger partial charge < -0.3 is 10.0 Å². The molecule has 1 aromatic heterocycles. The van der Waals surface area contributed by atoms with Crippen LogP contribution >= 0.6 is 0 Å². The maximum atomic E-state index is 9.75. The monoisotopic (exact) mass is 218 g/mol. The molecule has 3 nitrogen and oxygen atoms in total. The van der Waals surface area contributed by atoms with Crippen LogP contribution in [-0.2, 0) is 0 Å². The summed E-state index contributed by atoms with van der Waals surface area (Å²) in [4.78, 5) is 6.93. The van der Waals surface area contributed by atoms with Gasteiger partial charge in [-0.2, -0.15) is 0 Å². The number of rotatable bonds is 1. The summed E-state index contributed by atoms with van der Waals surface area (Å²) in [6, 6.07) is 5.23. The highest BCUT2D eigenvalue weighted by molar-refractivity contribution is 5.44. The van der Waals surface area contributed by atoms with Crippen molar-refractivity contribution in [2.75, 3.05) is 4.90 Å². The third kappa shape index (κ3) is 1.59. The Kier molecular flexibility index (Phi) is 2.36. The van der Waals surface area contributed by atoms with Crippen molar-refractivity contribution in [2.45, 2.75) is 50.8 Å². The molecule has 0 aliphatic carbocycles. The Morgan fingerprint density at radius 1 is 1.25 bits per heavy atom. The molecule has 2 aliphatic heterocycles. The van der Waals surface area contributed by atoms with Crippen LogP contribution in [-0.4, -0.2) is 28.3 Å². The Labute approximate surface area is 96.1 Å². The van der Waals surface area contributed by atoms with Gasteiger partial charge >= 0.3 is 0 Å². The van der Waals surface area contributed by atoms with E-state index in [-0.39, 0.29) is 6.10 Å². The van der Waals surface area contributed by atoms with Gasteiger partial charge in [0.05, 0.1) is 6.10 Å². The molecule has 0 saturated carbocycles. The maximum absolute atomic E-state index is 9.75. The van der Waals surface area contributed by atoms with Crippen molar-refractivity contribution in [1.29, 1.82) is 0 Å². The molecule has 0 amide bonds. The average Bonchev–Trinajstić information content (AvgIpc) is 2.54. The fraction of sp³-hybridized carbons (Fsp3) is 0.615. The Morgan fingerprint density at radius 2 is 1.94 bits per heavy atom. The Morgan fingerprint density at radius 3 is 2.50 bits per heavy atom. The van der Waals surface area contributed by atoms with Crippen LogP contribution in [0.5, 0.6) is 0 Å². The topological polar surface area (TPSA) is 36.4 Å². The fourth-order valence-corrected chi connectivity index (χ4v) is 3.14. The number of fused-ring (bicyclic) bond motifs is 2. The van der Waals surface area contributed by atoms with Crippen molar-refractivity contribution in [2.24, 2.45) is 0 Å². The Bertz CT molecular complexity index is 362. The van der Waals surface area contributed by atoms with Crippen molar-refractivity contribution < 1.29 is 5.11 Å². The second kappa shape index (κ2) is 3.74. The molecule has 1 N–H and O–H groups in total. The molecule has 2 bridgehead atoms. The van der Waals surface area contributed by atoms with Crippen LogP contribution < -0.4 is 4.90 Å². The summed E-state index contributed by atoms with van der Waals surface area (Å²) < 4.78 is 0. The largest absolute Gasteiger partial charge is 0.393 e. The fourth-order valence-electron chi connectivity index (χ4n) is 3.14. The lowest BCUT2D eigenvalue weighted by molar-refractivity contribution is 0.126. The molecular formula is C13H18N2O. The van der Waals surface area contributed by atoms with E-state index in [1.54, 1.807) is 0 Å². The summed E-state index contributed by atoms with van der Waals surface area (Å²) in [5.74, 6) is 1.09. The first-order valence-corrected chi connectivity index (χ1v) is 6.13. The van der Waals surface area contributed by atoms with Crippen LogP contribution in [0.15, 0.2) is 18.3 Å². The number of hydrogen-bond donors (Lipinski definition) is 1. The molecule has 2 unspecified atom stereocenters. The smallest absolute Gasteiger partial charge is 0.128 e. The predicted octanol–water partition coefficient (Wildman–Crippen LogP) is 1.88. The molecule has 3 rings (SSSR count). The van der Waals surface area contributed by atoms with E-state index in [0.717, 1.165) is 18.7 Å². The van der Waals surface area contributed by atoms with Crippen LogP contribution in [0.1, 0.15) is 31.2 Å². The summed E-state index contributed by atoms with van der Waals surface area (Å²) in [5.41, 5.74) is 1.20. The molecule has 2 atom stereocenters. The highest BCUT2D eigenvalue weighted by atomic mass is 16.3. The number of aromatic nitrogens is 1. The van der Waals surface area contributed by atoms with Gasteiger partial charge in [0.1, 0.15) is 5.82 Å². The summed E-state index contributed by atoms with van der Waals surface area (Å²) in [7, 11) is 0. The predicted molar refractivity (Wildman–Crippen MR) is 63.5 cm³/mol. The molecule has 2 aliphatic rings. The van der Waals surface area contributed by atoms with Gasteiger partial charge in [-0.3, -0.25) is 0 Å². The molecule has 1 aromatic rings. The van der Waals surface area contributed by atoms with E-state index in [1.807, 2.05) is 6.20 Å². The number of anilines is 1. The first-order valence-electron chi connectivity index (χ1n) is 6.13. The van der Waals surface area contributed by atoms with Crippen LogP contribution in [0.4, 0.5) is 5.82 Å². The number of aliphatic hydroxyl groups is 1. The van der Waals surface area contributed by atoms with E-state index in [2.05, 4.69) is 28.9 Å². The Hall–Kier alpha value is -1.09. The molecule has 0 radical (unpaired) electrons. The minimum atomic E-state index is -0.0980. The van der Waals surface area contributed by atoms with Gasteiger partial charge in [-0.15, -0.1) is 0 Å². The number of pyridine rings is 1. The summed E-state index contributed by atoms with van der Waals surface area (Å²) >= 11 is 0. The summed E-state index contributed by atoms with van der Waals surface area (Å²) in [6.07, 6.45) is 6.06. The first kappa shape index (κ1) is 10.1. The second-order valence-electron chi connectivity index (χ2n) is 5.11. The van der Waals surface area contributed by atoms with E-state index >= 15 is 0 Å². The molecule has 2 fully saturated rings. The Balaban J connectivity index is 1.88. The molecule has 86 valence electrons. The number of aryl methyl sites for hydroxylation is 1. The summed E-state index contributed by atoms with van der Waals surface area (Å²) in [5, 5.41) is 9.75. The maximum Gasteiger partial charge on any atom is 0.128 e. The molecule has 2 saturated heterocycles. The molecule has 3 heteroatoms. The number of aliphatic hydroxyl groups excluding tert-OH is 1. The molecule has 16 heavy (non-hydrogen) atoms. The zero-order valence-electron chi connectivity index (χ0n) is 9.63. The van der Waals surface area contributed by atoms with E-state index in [9.17, 15) is 5.11 Å². The molecule has 3 heterocycles. The SMILES string of the molecule is Cc1ccc(N2C3CCC2CC(O)C3)nc1. The van der Waals surface area contributed by atoms with Gasteiger partial charge in [0.15, 0.2) is 0 Å². The van der Waals surface area contributed by atoms with Gasteiger partial charge in [-0.25, -0.2) is 4.98 Å². The lowest BCUT2D eigenvalue weighted by Gasteiger charge is -2.38. The lowest BCUT2D eigenvalue weighted by Crippen LogP contribution is -2.45. The normalized spacial score (nSPS) is 33.1. The van der Waals surface area contributed by atoms with Crippen molar-refractivity contribution in [1.82, 2.24) is 4.98 Å². The lowest BCUT2D eigenvalue weighted by atomic mass is 10.00. The van der Waals surface area contributed by atoms with Gasteiger partial charge in [0.2, 0.25) is 0 Å². The second-order valence-corrected chi connectivity index (χ2v) is 5.11. The number of piperidine rings is 1. The number of nitrogens with zero attached hydrogens (tertiary/aromatic N) is 2. The minimum Gasteiger partial charge on any atom is -0.393 e.